The van der Waals surface area contributed by atoms with Gasteiger partial charge in [0.05, 0.1) is 11.7 Å². The fourth-order valence-corrected chi connectivity index (χ4v) is 1.71. The van der Waals surface area contributed by atoms with E-state index in [1.54, 1.807) is 21.3 Å². The Bertz CT molecular complexity index is 259. The lowest BCUT2D eigenvalue weighted by Gasteiger charge is -2.37. The summed E-state index contributed by atoms with van der Waals surface area (Å²) in [5.74, 6) is 0. The third-order valence-corrected chi connectivity index (χ3v) is 5.41. The topological polar surface area (TPSA) is 27.7 Å². The molecule has 0 radical (unpaired) electrons. The Kier molecular flexibility index (Phi) is 101. The van der Waals surface area contributed by atoms with Crippen molar-refractivity contribution in [3.8, 4) is 0 Å². The van der Waals surface area contributed by atoms with Crippen LogP contribution in [-0.2, 0) is 14.2 Å². The van der Waals surface area contributed by atoms with E-state index in [-0.39, 0.29) is 63.0 Å². The smallest absolute Gasteiger partial charge is 0.0670 e. The third kappa shape index (κ3) is 64.2. The van der Waals surface area contributed by atoms with Crippen LogP contribution in [0.1, 0.15) is 179 Å². The molecule has 0 aromatic heterocycles. The Labute approximate surface area is 238 Å². The zero-order valence-electron chi connectivity index (χ0n) is 22.9. The van der Waals surface area contributed by atoms with E-state index in [4.69, 9.17) is 14.2 Å². The molecule has 36 heavy (non-hydrogen) atoms. The lowest BCUT2D eigenvalue weighted by atomic mass is 9.79. The van der Waals surface area contributed by atoms with Crippen molar-refractivity contribution >= 4 is 0 Å². The molecule has 1 unspecified atom stereocenters. The lowest BCUT2D eigenvalue weighted by Crippen LogP contribution is -2.38. The molecule has 1 atom stereocenters. The van der Waals surface area contributed by atoms with Gasteiger partial charge in [0.25, 0.3) is 0 Å². The number of methoxy groups -OCH3 is 3. The second-order valence-corrected chi connectivity index (χ2v) is 9.18. The summed E-state index contributed by atoms with van der Waals surface area (Å²) in [6.07, 6.45) is 12.6. The van der Waals surface area contributed by atoms with Gasteiger partial charge in [-0.2, -0.15) is 0 Å². The minimum absolute atomic E-state index is 0. The molecule has 0 spiro atoms. The maximum Gasteiger partial charge on any atom is 0.0670 e. The molecule has 0 aliphatic rings. The molecule has 0 saturated heterocycles. The maximum atomic E-state index is 5.30. The second kappa shape index (κ2) is 51.5. The molecule has 0 amide bonds. The van der Waals surface area contributed by atoms with Crippen molar-refractivity contribution in [2.75, 3.05) is 27.9 Å². The first-order valence-corrected chi connectivity index (χ1v) is 12.0. The van der Waals surface area contributed by atoms with Gasteiger partial charge < -0.3 is 14.2 Å². The van der Waals surface area contributed by atoms with Crippen molar-refractivity contribution in [1.29, 1.82) is 0 Å². The molecule has 0 rings (SSSR count). The first-order valence-electron chi connectivity index (χ1n) is 12.0. The van der Waals surface area contributed by atoms with E-state index in [0.717, 1.165) is 19.4 Å². The monoisotopic (exact) mass is 533 g/mol. The normalized spacial score (nSPS) is 9.58. The highest BCUT2D eigenvalue weighted by Gasteiger charge is 2.32. The van der Waals surface area contributed by atoms with Crippen LogP contribution in [0.15, 0.2) is 0 Å². The first-order chi connectivity index (χ1) is 13.4. The van der Waals surface area contributed by atoms with Gasteiger partial charge >= 0.3 is 0 Å². The number of rotatable bonds is 11. The molecule has 238 valence electrons. The maximum absolute atomic E-state index is 5.30. The zero-order valence-corrected chi connectivity index (χ0v) is 22.9. The average molecular weight is 533 g/mol. The summed E-state index contributed by atoms with van der Waals surface area (Å²) in [5.41, 5.74) is 0.203. The summed E-state index contributed by atoms with van der Waals surface area (Å²) in [6.45, 7) is 22.4. The highest BCUT2D eigenvalue weighted by Crippen LogP contribution is 2.31. The van der Waals surface area contributed by atoms with Gasteiger partial charge in [0.15, 0.2) is 0 Å². The molecule has 0 aliphatic heterocycles. The van der Waals surface area contributed by atoms with Crippen molar-refractivity contribution in [2.24, 2.45) is 5.41 Å². The van der Waals surface area contributed by atoms with Gasteiger partial charge in [0.1, 0.15) is 0 Å². The van der Waals surface area contributed by atoms with Crippen molar-refractivity contribution < 1.29 is 14.2 Å². The van der Waals surface area contributed by atoms with Crippen LogP contribution in [0, 0.1) is 5.41 Å². The van der Waals surface area contributed by atoms with Crippen LogP contribution in [0.4, 0.5) is 0 Å². The van der Waals surface area contributed by atoms with Crippen molar-refractivity contribution in [3.05, 3.63) is 0 Å². The Balaban J connectivity index is -0.0000000247. The van der Waals surface area contributed by atoms with E-state index in [1.165, 1.54) is 44.9 Å². The minimum atomic E-state index is -0.0208. The molecule has 0 heterocycles. The molecular weight excluding hydrogens is 444 g/mol. The Morgan fingerprint density at radius 2 is 0.889 bits per heavy atom. The van der Waals surface area contributed by atoms with Gasteiger partial charge in [0.2, 0.25) is 0 Å². The number of hydrogen-bond acceptors (Lipinski definition) is 3. The first kappa shape index (κ1) is 70.5. The lowest BCUT2D eigenvalue weighted by molar-refractivity contribution is -0.0620. The molecule has 0 fully saturated rings. The molecular formula is C33H88O3. The van der Waals surface area contributed by atoms with E-state index in [0.29, 0.717) is 6.10 Å². The van der Waals surface area contributed by atoms with Gasteiger partial charge in [-0.05, 0) is 39.0 Å². The van der Waals surface area contributed by atoms with Crippen LogP contribution in [-0.4, -0.2) is 39.6 Å². The molecule has 0 aromatic rings. The van der Waals surface area contributed by atoms with Gasteiger partial charge in [0, 0.05) is 27.9 Å². The molecule has 0 saturated carbocycles. The van der Waals surface area contributed by atoms with Crippen molar-refractivity contribution in [2.45, 2.75) is 191 Å². The highest BCUT2D eigenvalue weighted by atomic mass is 16.5. The van der Waals surface area contributed by atoms with Crippen LogP contribution in [0.2, 0.25) is 0 Å². The Hall–Kier alpha value is -0.120. The van der Waals surface area contributed by atoms with Gasteiger partial charge in [-0.25, -0.2) is 0 Å². The summed E-state index contributed by atoms with van der Waals surface area (Å²) < 4.78 is 14.9. The highest BCUT2D eigenvalue weighted by molar-refractivity contribution is 4.82. The van der Waals surface area contributed by atoms with Crippen LogP contribution >= 0.6 is 0 Å². The van der Waals surface area contributed by atoms with Crippen LogP contribution in [0.5, 0.6) is 0 Å². The Morgan fingerprint density at radius 1 is 0.556 bits per heavy atom. The summed E-state index contributed by atoms with van der Waals surface area (Å²) in [5, 5.41) is 0. The quantitative estimate of drug-likeness (QED) is 0.248. The second-order valence-electron chi connectivity index (χ2n) is 9.18. The summed E-state index contributed by atoms with van der Waals surface area (Å²) in [7, 11) is 5.20. The van der Waals surface area contributed by atoms with Crippen molar-refractivity contribution in [3.63, 3.8) is 0 Å². The van der Waals surface area contributed by atoms with Gasteiger partial charge in [-0.1, -0.05) is 145 Å². The van der Waals surface area contributed by atoms with Crippen LogP contribution < -0.4 is 0 Å². The molecule has 3 heteroatoms. The zero-order chi connectivity index (χ0) is 23.8. The largest absolute Gasteiger partial charge is 0.385 e. The van der Waals surface area contributed by atoms with E-state index < -0.39 is 0 Å². The van der Waals surface area contributed by atoms with E-state index >= 15 is 0 Å². The minimum Gasteiger partial charge on any atom is -0.385 e. The fraction of sp³-hybridized carbons (Fsp3) is 1.00. The van der Waals surface area contributed by atoms with Crippen LogP contribution in [0.3, 0.4) is 0 Å². The standard InChI is InChI=1S/C9H20.C8H18O.C5H12O.C4H10O.7CH4/c1-3-5-7-9-8-6-4-2;1-7(2,3)8(4,5)9-6;1-4-5(2)6-3;1-3-4-5-2;;;;;;;/h3-9H2,1-2H3;1-6H3;5H,4H2,1-3H3;3-4H2,1-2H3;7*1H4. The average Bonchev–Trinajstić information content (AvgIpc) is 2.68. The number of hydrogen-bond donors (Lipinski definition) is 0. The predicted molar refractivity (Wildman–Crippen MR) is 180 cm³/mol. The number of ether oxygens (including phenoxy) is 3. The summed E-state index contributed by atoms with van der Waals surface area (Å²) in [6, 6.07) is 0. The number of unbranched alkanes of at least 4 members (excludes halogenated alkanes) is 6. The molecule has 0 aliphatic carbocycles. The van der Waals surface area contributed by atoms with Crippen LogP contribution in [0.25, 0.3) is 0 Å². The van der Waals surface area contributed by atoms with E-state index in [2.05, 4.69) is 69.2 Å². The van der Waals surface area contributed by atoms with E-state index in [9.17, 15) is 0 Å². The Morgan fingerprint density at radius 3 is 0.972 bits per heavy atom. The predicted octanol–water partition coefficient (Wildman–Crippen LogP) is 13.1. The molecule has 0 aromatic carbocycles. The summed E-state index contributed by atoms with van der Waals surface area (Å²) in [4.78, 5) is 0. The molecule has 0 bridgehead atoms. The van der Waals surface area contributed by atoms with Gasteiger partial charge in [-0.15, -0.1) is 0 Å². The molecule has 3 nitrogen and oxygen atoms in total. The van der Waals surface area contributed by atoms with Gasteiger partial charge in [-0.3, -0.25) is 0 Å². The van der Waals surface area contributed by atoms with Crippen molar-refractivity contribution in [1.82, 2.24) is 0 Å². The third-order valence-electron chi connectivity index (χ3n) is 5.41. The SMILES string of the molecule is C.C.C.C.C.C.C.CCC(C)OC.CCCCCCCCC.CCCOC.COC(C)(C)C(C)(C)C. The molecule has 0 N–H and O–H groups in total. The van der Waals surface area contributed by atoms with E-state index in [1.807, 2.05) is 0 Å². The fourth-order valence-electron chi connectivity index (χ4n) is 1.71. The summed E-state index contributed by atoms with van der Waals surface area (Å²) >= 11 is 0.